The van der Waals surface area contributed by atoms with Crippen LogP contribution in [0.4, 0.5) is 17.1 Å². The molecule has 4 N–H and O–H groups in total. The number of aromatic hydroxyl groups is 2. The minimum absolute atomic E-state index is 0.243. The standard InChI is InChI=1S/C39H42N2O2.C21H24O2.C7H9N/c1-7-11-29-19-33(21-31-23-40(25-42-37(29)31)35-15-9-13-27(3)17-35)39(5,6)34-20-30(12-8-2)38-32(22-34)24-41(26-43-38)36-16-10-14-28(4)18-36;1-5-7-15-13-17(9-11-19(15)22)21(3,4)18-10-12-20(23)16(14-18)8-6-2;1-6-3-2-4-7(8)5-6/h7-10,13-22H,1-2,11-12,23-26H2,3-6H3;5-6,9-14,22-23H,1-2,7-8H2,3-4H3;2-5H,8H2,1H3. The van der Waals surface area contributed by atoms with Crippen molar-refractivity contribution < 1.29 is 19.7 Å². The molecule has 0 aliphatic carbocycles. The first kappa shape index (κ1) is 53.9. The van der Waals surface area contributed by atoms with Gasteiger partial charge in [0.2, 0.25) is 0 Å². The van der Waals surface area contributed by atoms with Gasteiger partial charge in [0.05, 0.1) is 0 Å². The van der Waals surface area contributed by atoms with Crippen molar-refractivity contribution in [3.05, 3.63) is 256 Å². The Morgan fingerprint density at radius 1 is 0.473 bits per heavy atom. The molecule has 9 rings (SSSR count). The van der Waals surface area contributed by atoms with E-state index in [9.17, 15) is 10.2 Å². The number of hydrogen-bond donors (Lipinski definition) is 3. The molecule has 0 bridgehead atoms. The van der Waals surface area contributed by atoms with Crippen molar-refractivity contribution in [2.75, 3.05) is 29.0 Å². The summed E-state index contributed by atoms with van der Waals surface area (Å²) in [6, 6.07) is 45.8. The number of benzene rings is 7. The molecule has 0 spiro atoms. The average molecular weight is 986 g/mol. The number of allylic oxidation sites excluding steroid dienone is 4. The molecule has 0 saturated carbocycles. The second-order valence-corrected chi connectivity index (χ2v) is 20.7. The van der Waals surface area contributed by atoms with Gasteiger partial charge >= 0.3 is 0 Å². The van der Waals surface area contributed by atoms with Crippen LogP contribution in [0, 0.1) is 20.8 Å². The molecule has 0 saturated heterocycles. The molecule has 2 aliphatic heterocycles. The molecule has 7 aromatic rings. The Morgan fingerprint density at radius 3 is 1.20 bits per heavy atom. The highest BCUT2D eigenvalue weighted by Crippen LogP contribution is 2.43. The summed E-state index contributed by atoms with van der Waals surface area (Å²) >= 11 is 0. The van der Waals surface area contributed by atoms with Crippen molar-refractivity contribution in [2.45, 2.75) is 98.1 Å². The first-order chi connectivity index (χ1) is 35.4. The maximum absolute atomic E-state index is 9.96. The lowest BCUT2D eigenvalue weighted by Crippen LogP contribution is -2.33. The maximum atomic E-state index is 9.96. The van der Waals surface area contributed by atoms with Crippen LogP contribution in [0.1, 0.15) is 100 Å². The van der Waals surface area contributed by atoms with Crippen molar-refractivity contribution in [1.29, 1.82) is 0 Å². The number of aryl methyl sites for hydroxylation is 3. The number of phenols is 2. The van der Waals surface area contributed by atoms with Gasteiger partial charge in [-0.25, -0.2) is 0 Å². The number of ether oxygens (including phenoxy) is 2. The first-order valence-corrected chi connectivity index (χ1v) is 25.6. The second kappa shape index (κ2) is 23.8. The van der Waals surface area contributed by atoms with E-state index in [4.69, 9.17) is 15.2 Å². The van der Waals surface area contributed by atoms with Gasteiger partial charge in [-0.3, -0.25) is 0 Å². The Balaban J connectivity index is 0.000000214. The maximum Gasteiger partial charge on any atom is 0.161 e. The fourth-order valence-corrected chi connectivity index (χ4v) is 9.81. The Labute approximate surface area is 441 Å². The minimum Gasteiger partial charge on any atom is -0.508 e. The zero-order chi connectivity index (χ0) is 53.2. The molecule has 382 valence electrons. The van der Waals surface area contributed by atoms with Crippen molar-refractivity contribution >= 4 is 17.1 Å². The van der Waals surface area contributed by atoms with Crippen LogP contribution < -0.4 is 25.0 Å². The molecular formula is C67H75N3O4. The molecule has 0 radical (unpaired) electrons. The van der Waals surface area contributed by atoms with Crippen LogP contribution in [0.5, 0.6) is 23.0 Å². The molecule has 7 aromatic carbocycles. The van der Waals surface area contributed by atoms with Crippen LogP contribution >= 0.6 is 0 Å². The van der Waals surface area contributed by atoms with E-state index in [2.05, 4.69) is 150 Å². The van der Waals surface area contributed by atoms with Gasteiger partial charge in [-0.2, -0.15) is 0 Å². The van der Waals surface area contributed by atoms with Crippen LogP contribution in [0.2, 0.25) is 0 Å². The summed E-state index contributed by atoms with van der Waals surface area (Å²) in [4.78, 5) is 4.62. The van der Waals surface area contributed by atoms with Crippen molar-refractivity contribution in [2.24, 2.45) is 0 Å². The molecule has 7 heteroatoms. The molecular weight excluding hydrogens is 911 g/mol. The zero-order valence-corrected chi connectivity index (χ0v) is 44.7. The van der Waals surface area contributed by atoms with E-state index in [1.165, 1.54) is 61.4 Å². The predicted molar refractivity (Wildman–Crippen MR) is 310 cm³/mol. The normalized spacial score (nSPS) is 12.8. The van der Waals surface area contributed by atoms with Crippen LogP contribution in [0.15, 0.2) is 184 Å². The number of phenolic OH excluding ortho intramolecular Hbond substituents is 2. The van der Waals surface area contributed by atoms with Gasteiger partial charge in [0, 0.05) is 52.1 Å². The Bertz CT molecular complexity index is 2940. The SMILES string of the molecule is C=CCc1cc(C(C)(C)c2cc(CC=C)c3c(c2)CN(c2cccc(C)c2)CO3)cc2c1OCN(c1cccc(C)c1)C2.C=CCc1cc(C(C)(C)c2ccc(O)c(CC=C)c2)ccc1O.Cc1cccc(N)c1. The lowest BCUT2D eigenvalue weighted by Gasteiger charge is -2.36. The molecule has 2 heterocycles. The van der Waals surface area contributed by atoms with Crippen molar-refractivity contribution in [1.82, 2.24) is 0 Å². The summed E-state index contributed by atoms with van der Waals surface area (Å²) in [5.41, 5.74) is 23.2. The zero-order valence-electron chi connectivity index (χ0n) is 44.7. The summed E-state index contributed by atoms with van der Waals surface area (Å²) in [5.74, 6) is 2.59. The van der Waals surface area contributed by atoms with Gasteiger partial charge in [-0.05, 0) is 168 Å². The second-order valence-electron chi connectivity index (χ2n) is 20.7. The smallest absolute Gasteiger partial charge is 0.161 e. The molecule has 7 nitrogen and oxygen atoms in total. The summed E-state index contributed by atoms with van der Waals surface area (Å²) in [7, 11) is 0. The van der Waals surface area contributed by atoms with E-state index >= 15 is 0 Å². The third-order valence-electron chi connectivity index (χ3n) is 14.2. The van der Waals surface area contributed by atoms with E-state index in [0.29, 0.717) is 37.8 Å². The van der Waals surface area contributed by atoms with Crippen molar-refractivity contribution in [3.63, 3.8) is 0 Å². The van der Waals surface area contributed by atoms with Gasteiger partial charge in [0.25, 0.3) is 0 Å². The highest BCUT2D eigenvalue weighted by atomic mass is 16.5. The number of nitrogen functional groups attached to an aromatic ring is 1. The van der Waals surface area contributed by atoms with Crippen LogP contribution in [-0.2, 0) is 49.6 Å². The number of hydrogen-bond acceptors (Lipinski definition) is 7. The quantitative estimate of drug-likeness (QED) is 0.0738. The van der Waals surface area contributed by atoms with Crippen LogP contribution in [-0.4, -0.2) is 23.7 Å². The summed E-state index contributed by atoms with van der Waals surface area (Å²) in [5, 5.41) is 19.9. The van der Waals surface area contributed by atoms with Gasteiger partial charge in [0.15, 0.2) is 13.5 Å². The number of nitrogens with zero attached hydrogens (tertiary/aromatic N) is 2. The van der Waals surface area contributed by atoms with Gasteiger partial charge in [-0.1, -0.05) is 125 Å². The fraction of sp³-hybridized carbons (Fsp3) is 0.254. The molecule has 2 aliphatic rings. The summed E-state index contributed by atoms with van der Waals surface area (Å²) < 4.78 is 12.8. The van der Waals surface area contributed by atoms with E-state index in [1.54, 1.807) is 24.3 Å². The van der Waals surface area contributed by atoms with Gasteiger partial charge in [-0.15, -0.1) is 26.3 Å². The van der Waals surface area contributed by atoms with Gasteiger partial charge in [0.1, 0.15) is 23.0 Å². The third kappa shape index (κ3) is 12.6. The number of fused-ring (bicyclic) bond motifs is 2. The Hall–Kier alpha value is -7.90. The first-order valence-electron chi connectivity index (χ1n) is 25.6. The predicted octanol–water partition coefficient (Wildman–Crippen LogP) is 15.3. The van der Waals surface area contributed by atoms with E-state index in [1.807, 2.05) is 67.6 Å². The molecule has 0 atom stereocenters. The molecule has 0 unspecified atom stereocenters. The van der Waals surface area contributed by atoms with E-state index in [0.717, 1.165) is 65.4 Å². The highest BCUT2D eigenvalue weighted by Gasteiger charge is 2.31. The Morgan fingerprint density at radius 2 is 0.838 bits per heavy atom. The highest BCUT2D eigenvalue weighted by molar-refractivity contribution is 5.59. The minimum atomic E-state index is -0.257. The number of nitrogens with two attached hydrogens (primary N) is 1. The number of anilines is 3. The van der Waals surface area contributed by atoms with E-state index < -0.39 is 0 Å². The van der Waals surface area contributed by atoms with Crippen LogP contribution in [0.3, 0.4) is 0 Å². The molecule has 74 heavy (non-hydrogen) atoms. The fourth-order valence-electron chi connectivity index (χ4n) is 9.81. The third-order valence-corrected chi connectivity index (χ3v) is 14.2. The van der Waals surface area contributed by atoms with Crippen molar-refractivity contribution in [3.8, 4) is 23.0 Å². The molecule has 0 fully saturated rings. The number of rotatable bonds is 14. The van der Waals surface area contributed by atoms with Crippen LogP contribution in [0.25, 0.3) is 0 Å². The topological polar surface area (TPSA) is 91.4 Å². The lowest BCUT2D eigenvalue weighted by molar-refractivity contribution is 0.286. The van der Waals surface area contributed by atoms with E-state index in [-0.39, 0.29) is 10.8 Å². The lowest BCUT2D eigenvalue weighted by atomic mass is 9.75. The summed E-state index contributed by atoms with van der Waals surface area (Å²) in [6.45, 7) is 33.5. The Kier molecular flexibility index (Phi) is 17.3. The average Bonchev–Trinajstić information content (AvgIpc) is 3.37. The molecule has 0 amide bonds. The monoisotopic (exact) mass is 986 g/mol. The molecule has 0 aromatic heterocycles. The summed E-state index contributed by atoms with van der Waals surface area (Å²) in [6.07, 6.45) is 10.3. The van der Waals surface area contributed by atoms with Gasteiger partial charge < -0.3 is 35.2 Å². The largest absolute Gasteiger partial charge is 0.508 e.